The van der Waals surface area contributed by atoms with Crippen LogP contribution in [0.4, 0.5) is 0 Å². The molecule has 2 heterocycles. The Bertz CT molecular complexity index is 454. The summed E-state index contributed by atoms with van der Waals surface area (Å²) in [5.41, 5.74) is 1.81. The zero-order chi connectivity index (χ0) is 10.7. The molecule has 15 heavy (non-hydrogen) atoms. The van der Waals surface area contributed by atoms with Gasteiger partial charge in [0.1, 0.15) is 0 Å². The number of imidazole rings is 1. The lowest BCUT2D eigenvalue weighted by atomic mass is 10.6. The third-order valence-corrected chi connectivity index (χ3v) is 3.50. The molecule has 0 unspecified atom stereocenters. The number of rotatable bonds is 4. The van der Waals surface area contributed by atoms with Crippen LogP contribution < -0.4 is 4.98 Å². The molecule has 0 bridgehead atoms. The Morgan fingerprint density at radius 1 is 1.33 bits per heavy atom. The van der Waals surface area contributed by atoms with E-state index in [1.807, 2.05) is 0 Å². The number of H-pyrrole nitrogens is 2. The summed E-state index contributed by atoms with van der Waals surface area (Å²) < 4.78 is 0. The van der Waals surface area contributed by atoms with Gasteiger partial charge >= 0.3 is 0 Å². The lowest BCUT2D eigenvalue weighted by Gasteiger charge is -1.92. The van der Waals surface area contributed by atoms with Crippen molar-refractivity contribution in [2.24, 2.45) is 0 Å². The Labute approximate surface area is 96.7 Å². The number of aromatic amines is 2. The quantitative estimate of drug-likeness (QED) is 0.657. The van der Waals surface area contributed by atoms with Crippen LogP contribution in [-0.4, -0.2) is 26.5 Å². The number of aromatic nitrogens is 4. The van der Waals surface area contributed by atoms with Crippen LogP contribution in [0.2, 0.25) is 0 Å². The SMILES string of the molecule is CCSc1nc2nc[nH+]c(SCC)c2[nH]1. The highest BCUT2D eigenvalue weighted by molar-refractivity contribution is 7.99. The Morgan fingerprint density at radius 3 is 2.87 bits per heavy atom. The van der Waals surface area contributed by atoms with E-state index in [0.29, 0.717) is 0 Å². The van der Waals surface area contributed by atoms with Gasteiger partial charge in [-0.05, 0) is 16.5 Å². The predicted molar refractivity (Wildman–Crippen MR) is 63.2 cm³/mol. The van der Waals surface area contributed by atoms with E-state index in [1.54, 1.807) is 29.9 Å². The smallest absolute Gasteiger partial charge is 0.297 e. The lowest BCUT2D eigenvalue weighted by Crippen LogP contribution is -2.07. The average Bonchev–Trinajstić information content (AvgIpc) is 2.62. The standard InChI is InChI=1S/C9H12N4S2/c1-3-14-8-6-7(10-5-11-8)13-9(12-6)15-4-2/h5H,3-4H2,1-2H3,(H,10,11,12,13)/p+1. The van der Waals surface area contributed by atoms with Crippen molar-refractivity contribution < 1.29 is 4.98 Å². The van der Waals surface area contributed by atoms with Gasteiger partial charge in [0.05, 0.1) is 0 Å². The molecular formula is C9H13N4S2+. The van der Waals surface area contributed by atoms with Gasteiger partial charge in [-0.15, -0.1) is 0 Å². The van der Waals surface area contributed by atoms with Gasteiger partial charge in [0.15, 0.2) is 15.7 Å². The monoisotopic (exact) mass is 241 g/mol. The van der Waals surface area contributed by atoms with Crippen molar-refractivity contribution >= 4 is 34.7 Å². The number of fused-ring (bicyclic) bond motifs is 1. The highest BCUT2D eigenvalue weighted by atomic mass is 32.2. The van der Waals surface area contributed by atoms with Crippen LogP contribution in [0, 0.1) is 0 Å². The number of hydrogen-bond donors (Lipinski definition) is 1. The third-order valence-electron chi connectivity index (χ3n) is 1.84. The maximum absolute atomic E-state index is 4.41. The van der Waals surface area contributed by atoms with Gasteiger partial charge in [0.2, 0.25) is 0 Å². The summed E-state index contributed by atoms with van der Waals surface area (Å²) in [5.74, 6) is 2.05. The number of nitrogens with zero attached hydrogens (tertiary/aromatic N) is 2. The maximum Gasteiger partial charge on any atom is 0.297 e. The second-order valence-corrected chi connectivity index (χ2v) is 5.37. The summed E-state index contributed by atoms with van der Waals surface area (Å²) in [6.45, 7) is 4.24. The summed E-state index contributed by atoms with van der Waals surface area (Å²) >= 11 is 3.46. The molecule has 2 rings (SSSR count). The maximum atomic E-state index is 4.41. The van der Waals surface area contributed by atoms with Crippen LogP contribution in [-0.2, 0) is 0 Å². The highest BCUT2D eigenvalue weighted by Crippen LogP contribution is 2.23. The van der Waals surface area contributed by atoms with Crippen molar-refractivity contribution in [3.63, 3.8) is 0 Å². The Kier molecular flexibility index (Phi) is 3.48. The molecule has 0 saturated carbocycles. The topological polar surface area (TPSA) is 55.7 Å². The average molecular weight is 241 g/mol. The van der Waals surface area contributed by atoms with E-state index in [0.717, 1.165) is 32.9 Å². The van der Waals surface area contributed by atoms with Crippen molar-refractivity contribution in [2.45, 2.75) is 24.0 Å². The van der Waals surface area contributed by atoms with Crippen molar-refractivity contribution in [1.82, 2.24) is 15.0 Å². The van der Waals surface area contributed by atoms with E-state index in [4.69, 9.17) is 0 Å². The molecule has 0 aliphatic carbocycles. The molecule has 0 radical (unpaired) electrons. The fraction of sp³-hybridized carbons (Fsp3) is 0.444. The summed E-state index contributed by atoms with van der Waals surface area (Å²) in [6, 6.07) is 0. The Balaban J connectivity index is 2.44. The first kappa shape index (κ1) is 10.8. The zero-order valence-electron chi connectivity index (χ0n) is 8.70. The normalized spacial score (nSPS) is 11.1. The van der Waals surface area contributed by atoms with Gasteiger partial charge < -0.3 is 4.98 Å². The van der Waals surface area contributed by atoms with E-state index < -0.39 is 0 Å². The van der Waals surface area contributed by atoms with Crippen molar-refractivity contribution in [3.05, 3.63) is 6.33 Å². The Hall–Kier alpha value is -0.750. The van der Waals surface area contributed by atoms with Crippen molar-refractivity contribution in [2.75, 3.05) is 11.5 Å². The summed E-state index contributed by atoms with van der Waals surface area (Å²) in [4.78, 5) is 15.0. The second-order valence-electron chi connectivity index (χ2n) is 2.84. The Morgan fingerprint density at radius 2 is 2.13 bits per heavy atom. The predicted octanol–water partition coefficient (Wildman–Crippen LogP) is 2.00. The molecule has 0 aliphatic heterocycles. The zero-order valence-corrected chi connectivity index (χ0v) is 10.3. The van der Waals surface area contributed by atoms with E-state index in [2.05, 4.69) is 33.8 Å². The van der Waals surface area contributed by atoms with E-state index >= 15 is 0 Å². The van der Waals surface area contributed by atoms with Crippen LogP contribution in [0.1, 0.15) is 13.8 Å². The number of thioether (sulfide) groups is 2. The summed E-state index contributed by atoms with van der Waals surface area (Å²) in [5, 5.41) is 2.05. The first-order chi connectivity index (χ1) is 7.35. The van der Waals surface area contributed by atoms with E-state index in [-0.39, 0.29) is 0 Å². The van der Waals surface area contributed by atoms with E-state index in [1.165, 1.54) is 0 Å². The first-order valence-corrected chi connectivity index (χ1v) is 6.84. The van der Waals surface area contributed by atoms with Crippen LogP contribution in [0.25, 0.3) is 11.2 Å². The fourth-order valence-electron chi connectivity index (χ4n) is 1.28. The third kappa shape index (κ3) is 2.26. The lowest BCUT2D eigenvalue weighted by molar-refractivity contribution is -0.428. The molecule has 0 fully saturated rings. The molecule has 0 saturated heterocycles. The minimum absolute atomic E-state index is 0.792. The van der Waals surface area contributed by atoms with Crippen LogP contribution in [0.15, 0.2) is 16.5 Å². The minimum atomic E-state index is 0.792. The molecule has 2 N–H and O–H groups in total. The largest absolute Gasteiger partial charge is 0.326 e. The molecule has 0 aliphatic rings. The fourth-order valence-corrected chi connectivity index (χ4v) is 2.59. The molecule has 0 atom stereocenters. The van der Waals surface area contributed by atoms with Gasteiger partial charge in [-0.3, -0.25) is 0 Å². The molecule has 0 spiro atoms. The number of hydrogen-bond acceptors (Lipinski definition) is 4. The minimum Gasteiger partial charge on any atom is -0.326 e. The van der Waals surface area contributed by atoms with Crippen molar-refractivity contribution in [3.8, 4) is 0 Å². The van der Waals surface area contributed by atoms with Gasteiger partial charge in [-0.25, -0.2) is 4.98 Å². The molecule has 0 amide bonds. The van der Waals surface area contributed by atoms with Gasteiger partial charge in [-0.1, -0.05) is 37.4 Å². The highest BCUT2D eigenvalue weighted by Gasteiger charge is 2.14. The molecule has 80 valence electrons. The van der Waals surface area contributed by atoms with E-state index in [9.17, 15) is 0 Å². The molecule has 0 aromatic carbocycles. The van der Waals surface area contributed by atoms with Gasteiger partial charge in [0.25, 0.3) is 12.0 Å². The van der Waals surface area contributed by atoms with Crippen LogP contribution >= 0.6 is 23.5 Å². The van der Waals surface area contributed by atoms with Crippen LogP contribution in [0.3, 0.4) is 0 Å². The molecule has 2 aromatic heterocycles. The molecule has 6 heteroatoms. The van der Waals surface area contributed by atoms with Crippen molar-refractivity contribution in [1.29, 1.82) is 0 Å². The van der Waals surface area contributed by atoms with Gasteiger partial charge in [-0.2, -0.15) is 4.98 Å². The molecular weight excluding hydrogens is 228 g/mol. The first-order valence-electron chi connectivity index (χ1n) is 4.87. The van der Waals surface area contributed by atoms with Gasteiger partial charge in [0, 0.05) is 0 Å². The molecule has 4 nitrogen and oxygen atoms in total. The second kappa shape index (κ2) is 4.85. The molecule has 2 aromatic rings. The number of nitrogens with one attached hydrogen (secondary N) is 2. The summed E-state index contributed by atoms with van der Waals surface area (Å²) in [6.07, 6.45) is 1.70. The van der Waals surface area contributed by atoms with Crippen LogP contribution in [0.5, 0.6) is 0 Å². The summed E-state index contributed by atoms with van der Waals surface area (Å²) in [7, 11) is 0.